The summed E-state index contributed by atoms with van der Waals surface area (Å²) in [4.78, 5) is 33.8. The van der Waals surface area contributed by atoms with Crippen molar-refractivity contribution in [2.24, 2.45) is 5.92 Å². The van der Waals surface area contributed by atoms with Crippen molar-refractivity contribution in [3.05, 3.63) is 47.5 Å². The Bertz CT molecular complexity index is 882. The molecule has 32 heavy (non-hydrogen) atoms. The number of hydrogen-bond donors (Lipinski definition) is 1. The molecule has 0 spiro atoms. The lowest BCUT2D eigenvalue weighted by molar-refractivity contribution is -0.135. The van der Waals surface area contributed by atoms with Crippen LogP contribution in [0.1, 0.15) is 49.4 Å². The summed E-state index contributed by atoms with van der Waals surface area (Å²) in [5.74, 6) is 0.0892. The number of carbonyl (C=O) groups excluding carboxylic acids is 2. The Balaban J connectivity index is 1.62. The molecule has 2 amide bonds. The number of nitrogens with zero attached hydrogens (tertiary/aromatic N) is 5. The van der Waals surface area contributed by atoms with E-state index in [0.29, 0.717) is 32.5 Å². The lowest BCUT2D eigenvalue weighted by Gasteiger charge is -2.25. The molecule has 0 radical (unpaired) electrons. The molecule has 8 nitrogen and oxygen atoms in total. The van der Waals surface area contributed by atoms with E-state index in [9.17, 15) is 9.59 Å². The van der Waals surface area contributed by atoms with Gasteiger partial charge in [0, 0.05) is 76.3 Å². The first-order valence-corrected chi connectivity index (χ1v) is 11.6. The van der Waals surface area contributed by atoms with Gasteiger partial charge < -0.3 is 10.2 Å². The quantitative estimate of drug-likeness (QED) is 0.746. The Morgan fingerprint density at radius 2 is 2.16 bits per heavy atom. The zero-order valence-corrected chi connectivity index (χ0v) is 19.6. The number of nitrogens with one attached hydrogen (secondary N) is 1. The molecule has 1 aliphatic heterocycles. The first-order valence-electron chi connectivity index (χ1n) is 11.6. The number of amides is 2. The number of rotatable bonds is 6. The monoisotopic (exact) mass is 440 g/mol. The van der Waals surface area contributed by atoms with Crippen LogP contribution in [0, 0.1) is 12.8 Å². The number of aryl methyl sites for hydroxylation is 2. The highest BCUT2D eigenvalue weighted by Gasteiger charge is 2.24. The summed E-state index contributed by atoms with van der Waals surface area (Å²) < 4.78 is 1.91. The predicted octanol–water partition coefficient (Wildman–Crippen LogP) is 2.37. The van der Waals surface area contributed by atoms with E-state index >= 15 is 0 Å². The summed E-state index contributed by atoms with van der Waals surface area (Å²) in [6.07, 6.45) is 8.54. The molecule has 0 aromatic carbocycles. The highest BCUT2D eigenvalue weighted by atomic mass is 16.2. The van der Waals surface area contributed by atoms with E-state index in [1.54, 1.807) is 6.20 Å². The van der Waals surface area contributed by atoms with E-state index in [4.69, 9.17) is 0 Å². The molecule has 3 rings (SSSR count). The van der Waals surface area contributed by atoms with Gasteiger partial charge in [0.15, 0.2) is 0 Å². The second-order valence-electron chi connectivity index (χ2n) is 8.65. The predicted molar refractivity (Wildman–Crippen MR) is 124 cm³/mol. The fourth-order valence-corrected chi connectivity index (χ4v) is 4.23. The second-order valence-corrected chi connectivity index (χ2v) is 8.65. The van der Waals surface area contributed by atoms with E-state index < -0.39 is 0 Å². The van der Waals surface area contributed by atoms with Crippen LogP contribution in [0.25, 0.3) is 0 Å². The van der Waals surface area contributed by atoms with Gasteiger partial charge in [0.2, 0.25) is 11.8 Å². The van der Waals surface area contributed by atoms with Crippen LogP contribution in [0.15, 0.2) is 30.7 Å². The molecule has 0 aliphatic carbocycles. The van der Waals surface area contributed by atoms with Gasteiger partial charge in [0.1, 0.15) is 0 Å². The molecule has 2 aromatic heterocycles. The van der Waals surface area contributed by atoms with Crippen molar-refractivity contribution in [3.63, 3.8) is 0 Å². The molecule has 1 aliphatic rings. The molecule has 1 atom stereocenters. The minimum atomic E-state index is -0.0971. The molecule has 0 bridgehead atoms. The summed E-state index contributed by atoms with van der Waals surface area (Å²) in [5, 5.41) is 7.48. The third-order valence-corrected chi connectivity index (χ3v) is 6.13. The average Bonchev–Trinajstić information content (AvgIpc) is 3.13. The standard InChI is InChI=1S/C24H36N6O2/c1-4-30-18-22(19(2)27-30)17-28(3)24(32)21-8-6-13-29(14-10-23(31)26-12-9-21)16-20-7-5-11-25-15-20/h5,7,11,15,18,21H,4,6,8-10,12-14,16-17H2,1-3H3,(H,26,31). The van der Waals surface area contributed by atoms with Gasteiger partial charge in [-0.15, -0.1) is 0 Å². The molecular weight excluding hydrogens is 404 g/mol. The largest absolute Gasteiger partial charge is 0.356 e. The van der Waals surface area contributed by atoms with Gasteiger partial charge in [-0.1, -0.05) is 6.07 Å². The van der Waals surface area contributed by atoms with Crippen molar-refractivity contribution in [3.8, 4) is 0 Å². The fourth-order valence-electron chi connectivity index (χ4n) is 4.23. The minimum absolute atomic E-state index is 0.0465. The maximum Gasteiger partial charge on any atom is 0.225 e. The SMILES string of the molecule is CCn1cc(CN(C)C(=O)C2CCCN(Cc3cccnc3)CCC(=O)NCC2)c(C)n1. The number of aromatic nitrogens is 3. The van der Waals surface area contributed by atoms with Gasteiger partial charge in [0.05, 0.1) is 5.69 Å². The molecule has 1 unspecified atom stereocenters. The number of pyridine rings is 1. The molecule has 1 N–H and O–H groups in total. The molecule has 1 saturated heterocycles. The maximum absolute atomic E-state index is 13.3. The van der Waals surface area contributed by atoms with Gasteiger partial charge in [-0.05, 0) is 51.3 Å². The van der Waals surface area contributed by atoms with E-state index in [2.05, 4.69) is 33.3 Å². The summed E-state index contributed by atoms with van der Waals surface area (Å²) in [7, 11) is 1.86. The van der Waals surface area contributed by atoms with Crippen molar-refractivity contribution in [1.82, 2.24) is 29.9 Å². The van der Waals surface area contributed by atoms with E-state index in [1.165, 1.54) is 0 Å². The van der Waals surface area contributed by atoms with Gasteiger partial charge in [-0.2, -0.15) is 5.10 Å². The van der Waals surface area contributed by atoms with Gasteiger partial charge in [-0.25, -0.2) is 0 Å². The van der Waals surface area contributed by atoms with Gasteiger partial charge in [0.25, 0.3) is 0 Å². The minimum Gasteiger partial charge on any atom is -0.356 e. The smallest absolute Gasteiger partial charge is 0.225 e. The molecule has 0 saturated carbocycles. The topological polar surface area (TPSA) is 83.4 Å². The molecule has 174 valence electrons. The molecule has 2 aromatic rings. The highest BCUT2D eigenvalue weighted by Crippen LogP contribution is 2.18. The molecule has 3 heterocycles. The van der Waals surface area contributed by atoms with Crippen molar-refractivity contribution >= 4 is 11.8 Å². The Morgan fingerprint density at radius 3 is 2.88 bits per heavy atom. The van der Waals surface area contributed by atoms with Crippen LogP contribution in [0.4, 0.5) is 0 Å². The van der Waals surface area contributed by atoms with Crippen LogP contribution in [0.2, 0.25) is 0 Å². The lowest BCUT2D eigenvalue weighted by atomic mass is 9.97. The van der Waals surface area contributed by atoms with Crippen LogP contribution in [-0.2, 0) is 29.2 Å². The Morgan fingerprint density at radius 1 is 1.31 bits per heavy atom. The summed E-state index contributed by atoms with van der Waals surface area (Å²) in [5.41, 5.74) is 3.18. The fraction of sp³-hybridized carbons (Fsp3) is 0.583. The van der Waals surface area contributed by atoms with Crippen LogP contribution in [-0.4, -0.2) is 63.1 Å². The first-order chi connectivity index (χ1) is 15.5. The van der Waals surface area contributed by atoms with Crippen molar-refractivity contribution < 1.29 is 9.59 Å². The number of hydrogen-bond acceptors (Lipinski definition) is 5. The normalized spacial score (nSPS) is 18.6. The van der Waals surface area contributed by atoms with Crippen molar-refractivity contribution in [1.29, 1.82) is 0 Å². The lowest BCUT2D eigenvalue weighted by Crippen LogP contribution is -2.35. The Labute approximate surface area is 191 Å². The van der Waals surface area contributed by atoms with E-state index in [1.807, 2.05) is 42.0 Å². The van der Waals surface area contributed by atoms with Crippen LogP contribution >= 0.6 is 0 Å². The van der Waals surface area contributed by atoms with Crippen molar-refractivity contribution in [2.75, 3.05) is 26.7 Å². The van der Waals surface area contributed by atoms with Crippen LogP contribution in [0.5, 0.6) is 0 Å². The zero-order chi connectivity index (χ0) is 22.9. The van der Waals surface area contributed by atoms with Crippen LogP contribution in [0.3, 0.4) is 0 Å². The average molecular weight is 441 g/mol. The van der Waals surface area contributed by atoms with Gasteiger partial charge >= 0.3 is 0 Å². The van der Waals surface area contributed by atoms with E-state index in [0.717, 1.165) is 49.3 Å². The zero-order valence-electron chi connectivity index (χ0n) is 19.6. The summed E-state index contributed by atoms with van der Waals surface area (Å²) >= 11 is 0. The summed E-state index contributed by atoms with van der Waals surface area (Å²) in [6, 6.07) is 3.99. The first kappa shape index (κ1) is 23.9. The van der Waals surface area contributed by atoms with Crippen molar-refractivity contribution in [2.45, 2.75) is 59.2 Å². The molecule has 8 heteroatoms. The number of carbonyl (C=O) groups is 2. The van der Waals surface area contributed by atoms with Gasteiger partial charge in [-0.3, -0.25) is 24.2 Å². The third-order valence-electron chi connectivity index (χ3n) is 6.13. The van der Waals surface area contributed by atoms with E-state index in [-0.39, 0.29) is 17.7 Å². The molecular formula is C24H36N6O2. The third kappa shape index (κ3) is 6.88. The summed E-state index contributed by atoms with van der Waals surface area (Å²) in [6.45, 7) is 8.28. The maximum atomic E-state index is 13.3. The molecule has 1 fully saturated rings. The van der Waals surface area contributed by atoms with Crippen LogP contribution < -0.4 is 5.32 Å². The second kappa shape index (κ2) is 11.8. The highest BCUT2D eigenvalue weighted by molar-refractivity contribution is 5.79. The Hall–Kier alpha value is -2.74. The Kier molecular flexibility index (Phi) is 8.79.